The summed E-state index contributed by atoms with van der Waals surface area (Å²) >= 11 is 12.1. The van der Waals surface area contributed by atoms with Crippen LogP contribution in [-0.4, -0.2) is 19.2 Å². The van der Waals surface area contributed by atoms with Crippen LogP contribution in [0.15, 0.2) is 17.7 Å². The number of hydrogen-bond donors (Lipinski definition) is 1. The lowest BCUT2D eigenvalue weighted by molar-refractivity contribution is 0.343. The zero-order chi connectivity index (χ0) is 12.7. The molecule has 1 aliphatic carbocycles. The molecule has 0 amide bonds. The van der Waals surface area contributed by atoms with Gasteiger partial charge in [0.15, 0.2) is 0 Å². The van der Waals surface area contributed by atoms with E-state index in [-0.39, 0.29) is 0 Å². The Hall–Kier alpha value is -0.700. The van der Waals surface area contributed by atoms with Crippen LogP contribution in [0.5, 0.6) is 5.75 Å². The second-order valence-corrected chi connectivity index (χ2v) is 5.94. The van der Waals surface area contributed by atoms with E-state index in [1.807, 2.05) is 6.07 Å². The van der Waals surface area contributed by atoms with Gasteiger partial charge < -0.3 is 10.1 Å². The first-order valence-corrected chi connectivity index (χ1v) is 6.94. The van der Waals surface area contributed by atoms with Crippen molar-refractivity contribution in [3.8, 4) is 5.75 Å². The molecule has 2 aliphatic rings. The maximum Gasteiger partial charge on any atom is 0.145 e. The van der Waals surface area contributed by atoms with Crippen molar-refractivity contribution in [2.24, 2.45) is 5.92 Å². The number of nitrogens with one attached hydrogen (secondary N) is 1. The van der Waals surface area contributed by atoms with E-state index in [0.29, 0.717) is 22.7 Å². The molecule has 1 aliphatic heterocycles. The molecule has 1 aromatic rings. The van der Waals surface area contributed by atoms with E-state index in [0.717, 1.165) is 23.8 Å². The topological polar surface area (TPSA) is 21.3 Å². The standard InChI is InChI=1S/C14H15Cl2NO/c1-8-2-13(8)17-6-9-3-10-4-11(15)5-12(16)14(10)18-7-9/h3-5,8,13,17H,2,6-7H2,1H3. The second-order valence-electron chi connectivity index (χ2n) is 5.10. The average Bonchev–Trinajstić information content (AvgIpc) is 3.02. The molecule has 3 rings (SSSR count). The van der Waals surface area contributed by atoms with Gasteiger partial charge >= 0.3 is 0 Å². The van der Waals surface area contributed by atoms with Crippen molar-refractivity contribution in [1.82, 2.24) is 5.32 Å². The number of ether oxygens (including phenoxy) is 1. The lowest BCUT2D eigenvalue weighted by Crippen LogP contribution is -2.24. The van der Waals surface area contributed by atoms with E-state index in [1.165, 1.54) is 12.0 Å². The Bertz CT molecular complexity index is 513. The zero-order valence-electron chi connectivity index (χ0n) is 10.2. The second kappa shape index (κ2) is 4.76. The minimum atomic E-state index is 0.580. The van der Waals surface area contributed by atoms with Crippen LogP contribution in [0.4, 0.5) is 0 Å². The van der Waals surface area contributed by atoms with Crippen LogP contribution in [0.25, 0.3) is 6.08 Å². The van der Waals surface area contributed by atoms with E-state index >= 15 is 0 Å². The zero-order valence-corrected chi connectivity index (χ0v) is 11.7. The lowest BCUT2D eigenvalue weighted by Gasteiger charge is -2.19. The van der Waals surface area contributed by atoms with Gasteiger partial charge in [0.25, 0.3) is 0 Å². The summed E-state index contributed by atoms with van der Waals surface area (Å²) in [6.07, 6.45) is 3.40. The van der Waals surface area contributed by atoms with Gasteiger partial charge in [-0.2, -0.15) is 0 Å². The molecule has 0 saturated heterocycles. The van der Waals surface area contributed by atoms with E-state index in [4.69, 9.17) is 27.9 Å². The summed E-state index contributed by atoms with van der Waals surface area (Å²) in [5.41, 5.74) is 2.21. The molecule has 2 atom stereocenters. The van der Waals surface area contributed by atoms with Crippen molar-refractivity contribution in [2.75, 3.05) is 13.2 Å². The van der Waals surface area contributed by atoms with Gasteiger partial charge in [0.1, 0.15) is 12.4 Å². The highest BCUT2D eigenvalue weighted by Crippen LogP contribution is 2.36. The third kappa shape index (κ3) is 2.51. The van der Waals surface area contributed by atoms with Gasteiger partial charge in [-0.3, -0.25) is 0 Å². The predicted octanol–water partition coefficient (Wildman–Crippen LogP) is 3.77. The quantitative estimate of drug-likeness (QED) is 0.912. The Labute approximate surface area is 117 Å². The molecule has 1 fully saturated rings. The number of fused-ring (bicyclic) bond motifs is 1. The van der Waals surface area contributed by atoms with Crippen molar-refractivity contribution < 1.29 is 4.74 Å². The van der Waals surface area contributed by atoms with Gasteiger partial charge in [0.2, 0.25) is 0 Å². The predicted molar refractivity (Wildman–Crippen MR) is 75.5 cm³/mol. The normalized spacial score (nSPS) is 25.2. The summed E-state index contributed by atoms with van der Waals surface area (Å²) < 4.78 is 5.70. The molecule has 0 bridgehead atoms. The van der Waals surface area contributed by atoms with Crippen molar-refractivity contribution >= 4 is 29.3 Å². The van der Waals surface area contributed by atoms with Crippen LogP contribution in [0.1, 0.15) is 18.9 Å². The highest BCUT2D eigenvalue weighted by Gasteiger charge is 2.32. The Morgan fingerprint density at radius 1 is 1.39 bits per heavy atom. The third-order valence-corrected chi connectivity index (χ3v) is 4.00. The smallest absolute Gasteiger partial charge is 0.145 e. The number of halogens is 2. The summed E-state index contributed by atoms with van der Waals surface area (Å²) in [4.78, 5) is 0. The van der Waals surface area contributed by atoms with Crippen molar-refractivity contribution in [2.45, 2.75) is 19.4 Å². The number of hydrogen-bond acceptors (Lipinski definition) is 2. The SMILES string of the molecule is CC1CC1NCC1=Cc2cc(Cl)cc(Cl)c2OC1. The third-order valence-electron chi connectivity index (χ3n) is 3.50. The maximum absolute atomic E-state index is 6.10. The summed E-state index contributed by atoms with van der Waals surface area (Å²) in [5.74, 6) is 1.55. The summed E-state index contributed by atoms with van der Waals surface area (Å²) in [7, 11) is 0. The fraction of sp³-hybridized carbons (Fsp3) is 0.429. The van der Waals surface area contributed by atoms with Crippen molar-refractivity contribution in [3.63, 3.8) is 0 Å². The number of rotatable bonds is 3. The van der Waals surface area contributed by atoms with Gasteiger partial charge in [-0.05, 0) is 36.1 Å². The van der Waals surface area contributed by atoms with E-state index in [2.05, 4.69) is 18.3 Å². The van der Waals surface area contributed by atoms with Crippen LogP contribution < -0.4 is 10.1 Å². The molecule has 18 heavy (non-hydrogen) atoms. The van der Waals surface area contributed by atoms with E-state index < -0.39 is 0 Å². The van der Waals surface area contributed by atoms with Crippen molar-refractivity contribution in [1.29, 1.82) is 0 Å². The van der Waals surface area contributed by atoms with Crippen LogP contribution in [0, 0.1) is 5.92 Å². The fourth-order valence-corrected chi connectivity index (χ4v) is 2.80. The first kappa shape index (κ1) is 12.3. The lowest BCUT2D eigenvalue weighted by atomic mass is 10.1. The first-order valence-electron chi connectivity index (χ1n) is 6.18. The summed E-state index contributed by atoms with van der Waals surface area (Å²) in [5, 5.41) is 4.74. The molecule has 0 radical (unpaired) electrons. The molecule has 1 N–H and O–H groups in total. The molecule has 2 unspecified atom stereocenters. The van der Waals surface area contributed by atoms with E-state index in [1.54, 1.807) is 6.07 Å². The Balaban J connectivity index is 1.75. The van der Waals surface area contributed by atoms with Crippen LogP contribution in [-0.2, 0) is 0 Å². The molecule has 96 valence electrons. The van der Waals surface area contributed by atoms with Gasteiger partial charge in [-0.1, -0.05) is 30.1 Å². The highest BCUT2D eigenvalue weighted by molar-refractivity contribution is 6.36. The average molecular weight is 284 g/mol. The Morgan fingerprint density at radius 3 is 2.89 bits per heavy atom. The van der Waals surface area contributed by atoms with Gasteiger partial charge in [0, 0.05) is 23.2 Å². The maximum atomic E-state index is 6.10. The van der Waals surface area contributed by atoms with Gasteiger partial charge in [-0.15, -0.1) is 0 Å². The summed E-state index contributed by atoms with van der Waals surface area (Å²) in [6, 6.07) is 4.28. The largest absolute Gasteiger partial charge is 0.487 e. The molecular formula is C14H15Cl2NO. The monoisotopic (exact) mass is 283 g/mol. The van der Waals surface area contributed by atoms with Crippen molar-refractivity contribution in [3.05, 3.63) is 33.3 Å². The molecule has 4 heteroatoms. The fourth-order valence-electron chi connectivity index (χ4n) is 2.24. The van der Waals surface area contributed by atoms with Crippen LogP contribution in [0.3, 0.4) is 0 Å². The minimum Gasteiger partial charge on any atom is -0.487 e. The summed E-state index contributed by atoms with van der Waals surface area (Å²) in [6.45, 7) is 3.74. The molecule has 1 aromatic carbocycles. The molecule has 1 saturated carbocycles. The molecule has 0 spiro atoms. The minimum absolute atomic E-state index is 0.580. The Morgan fingerprint density at radius 2 is 2.17 bits per heavy atom. The molecule has 0 aromatic heterocycles. The molecule has 1 heterocycles. The Kier molecular flexibility index (Phi) is 3.27. The first-order chi connectivity index (χ1) is 8.63. The van der Waals surface area contributed by atoms with Gasteiger partial charge in [-0.25, -0.2) is 0 Å². The van der Waals surface area contributed by atoms with Crippen LogP contribution in [0.2, 0.25) is 10.0 Å². The van der Waals surface area contributed by atoms with Crippen LogP contribution >= 0.6 is 23.2 Å². The molecular weight excluding hydrogens is 269 g/mol. The van der Waals surface area contributed by atoms with Gasteiger partial charge in [0.05, 0.1) is 5.02 Å². The molecule has 2 nitrogen and oxygen atoms in total. The number of benzene rings is 1. The van der Waals surface area contributed by atoms with E-state index in [9.17, 15) is 0 Å². The highest BCUT2D eigenvalue weighted by atomic mass is 35.5.